The largest absolute Gasteiger partial charge is 0.279 e. The lowest BCUT2D eigenvalue weighted by Crippen LogP contribution is -2.11. The van der Waals surface area contributed by atoms with Crippen molar-refractivity contribution in [3.63, 3.8) is 0 Å². The van der Waals surface area contributed by atoms with E-state index in [1.165, 1.54) is 18.3 Å². The van der Waals surface area contributed by atoms with E-state index in [1.54, 1.807) is 0 Å². The third kappa shape index (κ3) is 1.32. The predicted molar refractivity (Wildman–Crippen MR) is 34.6 cm³/mol. The molecule has 0 amide bonds. The van der Waals surface area contributed by atoms with Gasteiger partial charge in [0.1, 0.15) is 7.85 Å². The molecule has 0 aliphatic rings. The van der Waals surface area contributed by atoms with Gasteiger partial charge in [-0.15, -0.1) is 0 Å². The van der Waals surface area contributed by atoms with Crippen LogP contribution >= 0.6 is 0 Å². The van der Waals surface area contributed by atoms with Gasteiger partial charge in [-0.1, -0.05) is 11.5 Å². The fraction of sp³-hybridized carbons (Fsp3) is 0.167. The van der Waals surface area contributed by atoms with Crippen LogP contribution in [0.25, 0.3) is 0 Å². The standard InChI is InChI=1S/C6H4BF2N/c7-4-2-1-3-10-5(4)6(8)9/h1-3,6H. The van der Waals surface area contributed by atoms with Gasteiger partial charge < -0.3 is 0 Å². The fourth-order valence-corrected chi connectivity index (χ4v) is 0.612. The molecule has 50 valence electrons. The lowest BCUT2D eigenvalue weighted by atomic mass is 9.95. The second-order valence-corrected chi connectivity index (χ2v) is 1.78. The molecule has 1 rings (SSSR count). The highest BCUT2D eigenvalue weighted by atomic mass is 19.3. The van der Waals surface area contributed by atoms with Gasteiger partial charge in [-0.3, -0.25) is 4.98 Å². The van der Waals surface area contributed by atoms with Gasteiger partial charge in [0, 0.05) is 6.20 Å². The Kier molecular flexibility index (Phi) is 1.99. The predicted octanol–water partition coefficient (Wildman–Crippen LogP) is 0.813. The van der Waals surface area contributed by atoms with E-state index in [1.807, 2.05) is 0 Å². The zero-order valence-corrected chi connectivity index (χ0v) is 5.09. The lowest BCUT2D eigenvalue weighted by Gasteiger charge is -2.00. The van der Waals surface area contributed by atoms with Gasteiger partial charge in [-0.05, 0) is 6.07 Å². The molecule has 1 aromatic heterocycles. The van der Waals surface area contributed by atoms with E-state index in [0.29, 0.717) is 0 Å². The third-order valence-electron chi connectivity index (χ3n) is 1.08. The van der Waals surface area contributed by atoms with E-state index in [4.69, 9.17) is 7.85 Å². The zero-order chi connectivity index (χ0) is 7.56. The van der Waals surface area contributed by atoms with Crippen LogP contribution in [0.2, 0.25) is 0 Å². The minimum absolute atomic E-state index is 0.0394. The molecule has 0 aliphatic heterocycles. The molecule has 0 bridgehead atoms. The molecule has 0 N–H and O–H groups in total. The summed E-state index contributed by atoms with van der Waals surface area (Å²) in [7, 11) is 5.18. The van der Waals surface area contributed by atoms with Crippen LogP contribution in [0.1, 0.15) is 12.1 Å². The van der Waals surface area contributed by atoms with Crippen LogP contribution in [0.5, 0.6) is 0 Å². The van der Waals surface area contributed by atoms with Crippen LogP contribution in [0, 0.1) is 0 Å². The molecule has 2 radical (unpaired) electrons. The maximum Gasteiger partial charge on any atom is 0.279 e. The van der Waals surface area contributed by atoms with Crippen molar-refractivity contribution < 1.29 is 8.78 Å². The summed E-state index contributed by atoms with van der Waals surface area (Å²) in [5.41, 5.74) is -0.306. The average molecular weight is 139 g/mol. The first-order chi connectivity index (χ1) is 4.72. The highest BCUT2D eigenvalue weighted by Crippen LogP contribution is 2.11. The molecular weight excluding hydrogens is 135 g/mol. The Morgan fingerprint density at radius 2 is 2.20 bits per heavy atom. The quantitative estimate of drug-likeness (QED) is 0.524. The van der Waals surface area contributed by atoms with Crippen molar-refractivity contribution in [1.82, 2.24) is 4.98 Å². The van der Waals surface area contributed by atoms with Gasteiger partial charge in [0.15, 0.2) is 0 Å². The van der Waals surface area contributed by atoms with Crippen molar-refractivity contribution in [3.05, 3.63) is 24.0 Å². The normalized spacial score (nSPS) is 10.3. The van der Waals surface area contributed by atoms with Gasteiger partial charge in [0.2, 0.25) is 0 Å². The Hall–Kier alpha value is -0.925. The Morgan fingerprint density at radius 1 is 1.50 bits per heavy atom. The third-order valence-corrected chi connectivity index (χ3v) is 1.08. The Bertz CT molecular complexity index is 227. The molecule has 0 saturated carbocycles. The highest BCUT2D eigenvalue weighted by Gasteiger charge is 2.09. The summed E-state index contributed by atoms with van der Waals surface area (Å²) < 4.78 is 23.8. The fourth-order valence-electron chi connectivity index (χ4n) is 0.612. The number of rotatable bonds is 1. The van der Waals surface area contributed by atoms with Gasteiger partial charge in [0.25, 0.3) is 6.43 Å². The first-order valence-corrected chi connectivity index (χ1v) is 2.70. The van der Waals surface area contributed by atoms with Crippen LogP contribution in [-0.4, -0.2) is 12.8 Å². The molecule has 0 spiro atoms. The second kappa shape index (κ2) is 2.77. The molecule has 1 heterocycles. The number of hydrogen-bond acceptors (Lipinski definition) is 1. The molecule has 0 unspecified atom stereocenters. The maximum absolute atomic E-state index is 11.9. The van der Waals surface area contributed by atoms with E-state index < -0.39 is 6.43 Å². The number of alkyl halides is 2. The molecule has 1 nitrogen and oxygen atoms in total. The summed E-state index contributed by atoms with van der Waals surface area (Å²) in [6, 6.07) is 2.91. The van der Waals surface area contributed by atoms with Crippen LogP contribution in [0.3, 0.4) is 0 Å². The minimum atomic E-state index is -2.58. The zero-order valence-electron chi connectivity index (χ0n) is 5.09. The summed E-state index contributed by atoms with van der Waals surface area (Å²) in [4.78, 5) is 3.40. The average Bonchev–Trinajstić information content (AvgIpc) is 1.88. The topological polar surface area (TPSA) is 12.9 Å². The smallest absolute Gasteiger partial charge is 0.256 e. The molecule has 0 aromatic carbocycles. The van der Waals surface area contributed by atoms with E-state index in [2.05, 4.69) is 4.98 Å². The summed E-state index contributed by atoms with van der Waals surface area (Å²) in [6.07, 6.45) is -1.29. The van der Waals surface area contributed by atoms with E-state index in [9.17, 15) is 8.78 Å². The van der Waals surface area contributed by atoms with Crippen molar-refractivity contribution >= 4 is 13.3 Å². The van der Waals surface area contributed by atoms with E-state index >= 15 is 0 Å². The van der Waals surface area contributed by atoms with Crippen LogP contribution in [0.4, 0.5) is 8.78 Å². The van der Waals surface area contributed by atoms with Crippen molar-refractivity contribution in [2.75, 3.05) is 0 Å². The van der Waals surface area contributed by atoms with Gasteiger partial charge in [-0.25, -0.2) is 8.78 Å². The van der Waals surface area contributed by atoms with Gasteiger partial charge in [0.05, 0.1) is 5.69 Å². The van der Waals surface area contributed by atoms with Crippen LogP contribution < -0.4 is 5.46 Å². The molecular formula is C6H4BF2N. The first-order valence-electron chi connectivity index (χ1n) is 2.70. The summed E-state index contributed by atoms with van der Waals surface area (Å²) in [5.74, 6) is 0. The molecule has 0 saturated heterocycles. The molecule has 0 aliphatic carbocycles. The molecule has 10 heavy (non-hydrogen) atoms. The summed E-state index contributed by atoms with van der Waals surface area (Å²) in [6.45, 7) is 0. The van der Waals surface area contributed by atoms with Crippen LogP contribution in [0.15, 0.2) is 18.3 Å². The van der Waals surface area contributed by atoms with E-state index in [0.717, 1.165) is 0 Å². The Balaban J connectivity index is 3.03. The summed E-state index contributed by atoms with van der Waals surface area (Å²) in [5, 5.41) is 0. The van der Waals surface area contributed by atoms with Gasteiger partial charge >= 0.3 is 0 Å². The summed E-state index contributed by atoms with van der Waals surface area (Å²) >= 11 is 0. The molecule has 1 aromatic rings. The molecule has 0 fully saturated rings. The highest BCUT2D eigenvalue weighted by molar-refractivity contribution is 6.33. The monoisotopic (exact) mass is 139 g/mol. The second-order valence-electron chi connectivity index (χ2n) is 1.78. The first kappa shape index (κ1) is 7.19. The number of pyridine rings is 1. The van der Waals surface area contributed by atoms with E-state index in [-0.39, 0.29) is 11.2 Å². The van der Waals surface area contributed by atoms with Gasteiger partial charge in [-0.2, -0.15) is 0 Å². The number of nitrogens with zero attached hydrogens (tertiary/aromatic N) is 1. The molecule has 4 heteroatoms. The SMILES string of the molecule is [B]c1cccnc1C(F)F. The van der Waals surface area contributed by atoms with Crippen LogP contribution in [-0.2, 0) is 0 Å². The molecule has 0 atom stereocenters. The number of halogens is 2. The lowest BCUT2D eigenvalue weighted by molar-refractivity contribution is 0.147. The minimum Gasteiger partial charge on any atom is -0.256 e. The van der Waals surface area contributed by atoms with Crippen molar-refractivity contribution in [2.24, 2.45) is 0 Å². The van der Waals surface area contributed by atoms with Crippen molar-refractivity contribution in [3.8, 4) is 0 Å². The van der Waals surface area contributed by atoms with Crippen molar-refractivity contribution in [1.29, 1.82) is 0 Å². The Morgan fingerprint density at radius 3 is 2.60 bits per heavy atom. The number of aromatic nitrogens is 1. The maximum atomic E-state index is 11.9. The number of hydrogen-bond donors (Lipinski definition) is 0. The Labute approximate surface area is 58.5 Å². The van der Waals surface area contributed by atoms with Crippen molar-refractivity contribution in [2.45, 2.75) is 6.43 Å².